The van der Waals surface area contributed by atoms with E-state index in [4.69, 9.17) is 0 Å². The highest BCUT2D eigenvalue weighted by molar-refractivity contribution is 7.89. The van der Waals surface area contributed by atoms with Crippen LogP contribution in [0.4, 0.5) is 11.4 Å². The zero-order valence-electron chi connectivity index (χ0n) is 18.6. The van der Waals surface area contributed by atoms with Crippen molar-refractivity contribution in [2.45, 2.75) is 32.2 Å². The Morgan fingerprint density at radius 3 is 2.30 bits per heavy atom. The van der Waals surface area contributed by atoms with Gasteiger partial charge in [-0.3, -0.25) is 14.9 Å². The number of sulfonamides is 1. The Balaban J connectivity index is 1.91. The quantitative estimate of drug-likeness (QED) is 0.391. The molecule has 0 aliphatic rings. The van der Waals surface area contributed by atoms with E-state index in [0.29, 0.717) is 5.56 Å². The van der Waals surface area contributed by atoms with E-state index in [2.05, 4.69) is 5.32 Å². The van der Waals surface area contributed by atoms with E-state index in [1.54, 1.807) is 25.1 Å². The Hall–Kier alpha value is -3.56. The summed E-state index contributed by atoms with van der Waals surface area (Å²) in [5.74, 6) is -0.595. The van der Waals surface area contributed by atoms with Gasteiger partial charge in [0, 0.05) is 18.7 Å². The van der Waals surface area contributed by atoms with Crippen molar-refractivity contribution in [1.82, 2.24) is 4.31 Å². The third kappa shape index (κ3) is 6.03. The summed E-state index contributed by atoms with van der Waals surface area (Å²) in [6.07, 6.45) is 0. The summed E-state index contributed by atoms with van der Waals surface area (Å²) in [5.41, 5.74) is 3.35. The van der Waals surface area contributed by atoms with Crippen molar-refractivity contribution < 1.29 is 18.1 Å². The molecule has 0 spiro atoms. The first-order chi connectivity index (χ1) is 15.6. The van der Waals surface area contributed by atoms with Crippen LogP contribution in [0.15, 0.2) is 71.6 Å². The number of carbonyl (C=O) groups excluding carboxylic acids is 1. The highest BCUT2D eigenvalue weighted by Gasteiger charge is 2.27. The van der Waals surface area contributed by atoms with E-state index >= 15 is 0 Å². The Morgan fingerprint density at radius 1 is 0.970 bits per heavy atom. The maximum Gasteiger partial charge on any atom is 0.271 e. The van der Waals surface area contributed by atoms with E-state index in [-0.39, 0.29) is 22.8 Å². The van der Waals surface area contributed by atoms with Crippen LogP contribution in [0, 0.1) is 30.9 Å². The third-order valence-electron chi connectivity index (χ3n) is 5.13. The van der Waals surface area contributed by atoms with Gasteiger partial charge in [0.05, 0.1) is 22.1 Å². The molecule has 0 fully saturated rings. The molecule has 3 aromatic rings. The molecule has 0 heterocycles. The summed E-state index contributed by atoms with van der Waals surface area (Å²) in [6, 6.07) is 17.9. The number of non-ortho nitro benzene ring substituents is 1. The molecule has 33 heavy (non-hydrogen) atoms. The predicted octanol–water partition coefficient (Wildman–Crippen LogP) is 4.35. The molecule has 0 aromatic heterocycles. The van der Waals surface area contributed by atoms with Gasteiger partial charge in [-0.05, 0) is 44.0 Å². The molecule has 8 nitrogen and oxygen atoms in total. The van der Waals surface area contributed by atoms with Gasteiger partial charge >= 0.3 is 0 Å². The SMILES string of the molecule is Cc1ccc(S(=O)(=O)N(CC(=O)Nc2cc([N+](=O)[O-])ccc2C)Cc2cccc(C)c2)cc1. The largest absolute Gasteiger partial charge is 0.324 e. The molecule has 0 saturated heterocycles. The summed E-state index contributed by atoms with van der Waals surface area (Å²) in [5, 5.41) is 13.7. The summed E-state index contributed by atoms with van der Waals surface area (Å²) in [4.78, 5) is 23.5. The lowest BCUT2D eigenvalue weighted by molar-refractivity contribution is -0.384. The van der Waals surface area contributed by atoms with Crippen LogP contribution in [0.5, 0.6) is 0 Å². The van der Waals surface area contributed by atoms with Crippen molar-refractivity contribution in [3.63, 3.8) is 0 Å². The van der Waals surface area contributed by atoms with Gasteiger partial charge in [0.1, 0.15) is 0 Å². The number of rotatable bonds is 8. The summed E-state index contributed by atoms with van der Waals surface area (Å²) in [7, 11) is -3.98. The normalized spacial score (nSPS) is 11.4. The minimum Gasteiger partial charge on any atom is -0.324 e. The van der Waals surface area contributed by atoms with E-state index in [1.165, 1.54) is 30.3 Å². The van der Waals surface area contributed by atoms with E-state index in [1.807, 2.05) is 32.0 Å². The molecule has 0 aliphatic heterocycles. The second kappa shape index (κ2) is 9.93. The molecule has 1 amide bonds. The molecular formula is C24H25N3O5S. The molecule has 0 aliphatic carbocycles. The van der Waals surface area contributed by atoms with Crippen LogP contribution in [0.3, 0.4) is 0 Å². The van der Waals surface area contributed by atoms with Gasteiger partial charge in [-0.25, -0.2) is 8.42 Å². The lowest BCUT2D eigenvalue weighted by Crippen LogP contribution is -2.37. The molecule has 0 saturated carbocycles. The predicted molar refractivity (Wildman–Crippen MR) is 126 cm³/mol. The number of hydrogen-bond acceptors (Lipinski definition) is 5. The average Bonchev–Trinajstić information content (AvgIpc) is 2.75. The summed E-state index contributed by atoms with van der Waals surface area (Å²) >= 11 is 0. The Labute approximate surface area is 193 Å². The second-order valence-corrected chi connectivity index (χ2v) is 9.82. The standard InChI is InChI=1S/C24H25N3O5S/c1-17-7-11-22(12-8-17)33(31,32)26(15-20-6-4-5-18(2)13-20)16-24(28)25-23-14-21(27(29)30)10-9-19(23)3/h4-14H,15-16H2,1-3H3,(H,25,28). The van der Waals surface area contributed by atoms with Gasteiger partial charge in [0.2, 0.25) is 15.9 Å². The lowest BCUT2D eigenvalue weighted by atomic mass is 10.1. The van der Waals surface area contributed by atoms with Crippen LogP contribution in [-0.4, -0.2) is 30.1 Å². The lowest BCUT2D eigenvalue weighted by Gasteiger charge is -2.22. The van der Waals surface area contributed by atoms with Crippen molar-refractivity contribution in [2.24, 2.45) is 0 Å². The van der Waals surface area contributed by atoms with Crippen LogP contribution in [-0.2, 0) is 21.4 Å². The number of benzene rings is 3. The Kier molecular flexibility index (Phi) is 7.25. The van der Waals surface area contributed by atoms with Gasteiger partial charge in [-0.1, -0.05) is 53.6 Å². The maximum absolute atomic E-state index is 13.4. The number of nitrogens with one attached hydrogen (secondary N) is 1. The van der Waals surface area contributed by atoms with Gasteiger partial charge < -0.3 is 5.32 Å². The molecule has 0 radical (unpaired) electrons. The minimum atomic E-state index is -3.98. The number of carbonyl (C=O) groups is 1. The molecular weight excluding hydrogens is 442 g/mol. The topological polar surface area (TPSA) is 110 Å². The van der Waals surface area contributed by atoms with Gasteiger partial charge in [-0.2, -0.15) is 4.31 Å². The monoisotopic (exact) mass is 467 g/mol. The van der Waals surface area contributed by atoms with Crippen LogP contribution in [0.2, 0.25) is 0 Å². The molecule has 3 aromatic carbocycles. The first-order valence-electron chi connectivity index (χ1n) is 10.2. The highest BCUT2D eigenvalue weighted by Crippen LogP contribution is 2.23. The molecule has 0 atom stereocenters. The minimum absolute atomic E-state index is 0.000765. The smallest absolute Gasteiger partial charge is 0.271 e. The van der Waals surface area contributed by atoms with E-state index < -0.39 is 27.4 Å². The van der Waals surface area contributed by atoms with E-state index in [0.717, 1.165) is 21.0 Å². The number of nitrogens with zero attached hydrogens (tertiary/aromatic N) is 2. The fourth-order valence-corrected chi connectivity index (χ4v) is 4.69. The summed E-state index contributed by atoms with van der Waals surface area (Å²) in [6.45, 7) is 5.01. The second-order valence-electron chi connectivity index (χ2n) is 7.88. The van der Waals surface area contributed by atoms with Gasteiger partial charge in [0.15, 0.2) is 0 Å². The number of aryl methyl sites for hydroxylation is 3. The molecule has 0 bridgehead atoms. The average molecular weight is 468 g/mol. The van der Waals surface area contributed by atoms with Crippen molar-refractivity contribution in [3.8, 4) is 0 Å². The highest BCUT2D eigenvalue weighted by atomic mass is 32.2. The van der Waals surface area contributed by atoms with Crippen LogP contribution < -0.4 is 5.32 Å². The fourth-order valence-electron chi connectivity index (χ4n) is 3.31. The molecule has 9 heteroatoms. The first kappa shape index (κ1) is 24.1. The van der Waals surface area contributed by atoms with Gasteiger partial charge in [-0.15, -0.1) is 0 Å². The molecule has 172 valence electrons. The number of amides is 1. The number of hydrogen-bond donors (Lipinski definition) is 1. The molecule has 3 rings (SSSR count). The van der Waals surface area contributed by atoms with Crippen LogP contribution in [0.1, 0.15) is 22.3 Å². The van der Waals surface area contributed by atoms with Crippen molar-refractivity contribution >= 4 is 27.3 Å². The zero-order chi connectivity index (χ0) is 24.2. The Morgan fingerprint density at radius 2 is 1.67 bits per heavy atom. The third-order valence-corrected chi connectivity index (χ3v) is 6.93. The van der Waals surface area contributed by atoms with Gasteiger partial charge in [0.25, 0.3) is 5.69 Å². The Bertz CT molecular complexity index is 1290. The van der Waals surface area contributed by atoms with Crippen molar-refractivity contribution in [3.05, 3.63) is 99.1 Å². The first-order valence-corrected chi connectivity index (χ1v) is 11.7. The summed E-state index contributed by atoms with van der Waals surface area (Å²) < 4.78 is 27.9. The number of nitro benzene ring substituents is 1. The van der Waals surface area contributed by atoms with Crippen LogP contribution >= 0.6 is 0 Å². The van der Waals surface area contributed by atoms with E-state index in [9.17, 15) is 23.3 Å². The van der Waals surface area contributed by atoms with Crippen molar-refractivity contribution in [2.75, 3.05) is 11.9 Å². The van der Waals surface area contributed by atoms with Crippen LogP contribution in [0.25, 0.3) is 0 Å². The molecule has 0 unspecified atom stereocenters. The van der Waals surface area contributed by atoms with Crippen molar-refractivity contribution in [1.29, 1.82) is 0 Å². The number of nitro groups is 1. The fraction of sp³-hybridized carbons (Fsp3) is 0.208. The maximum atomic E-state index is 13.4. The zero-order valence-corrected chi connectivity index (χ0v) is 19.4. The number of anilines is 1. The molecule has 1 N–H and O–H groups in total.